The Bertz CT molecular complexity index is 1890. The molecule has 2 unspecified atom stereocenters. The maximum absolute atomic E-state index is 12.6. The lowest BCUT2D eigenvalue weighted by Gasteiger charge is -2.36. The molecule has 0 spiro atoms. The summed E-state index contributed by atoms with van der Waals surface area (Å²) >= 11 is 13.1. The van der Waals surface area contributed by atoms with Crippen molar-refractivity contribution < 1.29 is 19.0 Å². The molecule has 0 radical (unpaired) electrons. The molecule has 5 heterocycles. The summed E-state index contributed by atoms with van der Waals surface area (Å²) in [5.74, 6) is 2.26. The van der Waals surface area contributed by atoms with Gasteiger partial charge in [-0.15, -0.1) is 0 Å². The Morgan fingerprint density at radius 1 is 0.755 bits per heavy atom. The molecule has 13 nitrogen and oxygen atoms in total. The van der Waals surface area contributed by atoms with E-state index >= 15 is 0 Å². The second-order valence-corrected chi connectivity index (χ2v) is 14.8. The lowest BCUT2D eigenvalue weighted by Crippen LogP contribution is -2.47. The van der Waals surface area contributed by atoms with Crippen LogP contribution in [0.15, 0.2) is 48.5 Å². The molecule has 0 amide bonds. The lowest BCUT2D eigenvalue weighted by molar-refractivity contribution is -0.154. The quantitative estimate of drug-likeness (QED) is 0.195. The standard InChI is InChI=1S/C22H27ClN4O3.C16H20ClN5O/c1-14-8-20(26-21(24)25-14)27-6-3-7-29-11-18(27)16-5-4-15(9-17(16)23)10-19(28)22(2)12-30-13-22;1-10-7-15(21-16(19)20-10)22-5-2-6-23-9-14(22)12-4-3-11(18)8-13(12)17/h4-5,8-9,18H,3,6-7,10-13H2,1-2H3,(H2,24,25,26);3-4,7-8,14H,2,5-6,9,18H2,1H3,(H2,19,20,21). The van der Waals surface area contributed by atoms with Gasteiger partial charge in [0.25, 0.3) is 0 Å². The van der Waals surface area contributed by atoms with Gasteiger partial charge in [0.2, 0.25) is 11.9 Å². The number of hydrogen-bond acceptors (Lipinski definition) is 13. The number of carbonyl (C=O) groups excluding carboxylic acids is 1. The molecule has 3 saturated heterocycles. The molecule has 3 aliphatic rings. The van der Waals surface area contributed by atoms with Gasteiger partial charge in [-0.2, -0.15) is 9.97 Å². The van der Waals surface area contributed by atoms with Crippen LogP contribution in [0.1, 0.15) is 59.9 Å². The van der Waals surface area contributed by atoms with Crippen LogP contribution in [0.2, 0.25) is 10.0 Å². The molecule has 2 atom stereocenters. The number of aryl methyl sites for hydroxylation is 2. The van der Waals surface area contributed by atoms with Gasteiger partial charge in [0.05, 0.1) is 43.9 Å². The number of carbonyl (C=O) groups is 1. The van der Waals surface area contributed by atoms with E-state index in [-0.39, 0.29) is 35.2 Å². The van der Waals surface area contributed by atoms with Gasteiger partial charge in [-0.05, 0) is 68.5 Å². The highest BCUT2D eigenvalue weighted by Crippen LogP contribution is 2.36. The third kappa shape index (κ3) is 9.28. The first-order chi connectivity index (χ1) is 25.4. The number of Topliss-reactive ketones (excluding diaryl/α,β-unsaturated/α-hetero) is 1. The second kappa shape index (κ2) is 16.8. The van der Waals surface area contributed by atoms with Crippen molar-refractivity contribution >= 4 is 58.2 Å². The first kappa shape index (κ1) is 38.5. The summed E-state index contributed by atoms with van der Waals surface area (Å²) in [6.45, 7) is 10.7. The summed E-state index contributed by atoms with van der Waals surface area (Å²) in [7, 11) is 0. The van der Waals surface area contributed by atoms with Gasteiger partial charge < -0.3 is 41.2 Å². The molecule has 0 bridgehead atoms. The number of nitrogens with two attached hydrogens (primary N) is 3. The number of benzene rings is 2. The average Bonchev–Trinajstić information content (AvgIpc) is 3.48. The van der Waals surface area contributed by atoms with Crippen LogP contribution in [0.3, 0.4) is 0 Å². The van der Waals surface area contributed by atoms with Crippen molar-refractivity contribution in [1.82, 2.24) is 19.9 Å². The number of hydrogen-bond donors (Lipinski definition) is 3. The fourth-order valence-electron chi connectivity index (χ4n) is 6.79. The number of halogens is 2. The molecular weight excluding hydrogens is 717 g/mol. The molecule has 7 rings (SSSR count). The molecule has 3 aliphatic heterocycles. The zero-order valence-corrected chi connectivity index (χ0v) is 31.9. The average molecular weight is 765 g/mol. The summed E-state index contributed by atoms with van der Waals surface area (Å²) in [4.78, 5) is 34.1. The fourth-order valence-corrected chi connectivity index (χ4v) is 7.44. The van der Waals surface area contributed by atoms with E-state index in [1.807, 2.05) is 63.2 Å². The van der Waals surface area contributed by atoms with E-state index in [4.69, 9.17) is 54.6 Å². The van der Waals surface area contributed by atoms with E-state index in [1.54, 1.807) is 6.07 Å². The van der Waals surface area contributed by atoms with Crippen molar-refractivity contribution in [2.45, 2.75) is 52.1 Å². The van der Waals surface area contributed by atoms with Gasteiger partial charge >= 0.3 is 0 Å². The minimum atomic E-state index is -0.373. The molecule has 4 aromatic rings. The first-order valence-electron chi connectivity index (χ1n) is 17.8. The van der Waals surface area contributed by atoms with Crippen LogP contribution in [0.25, 0.3) is 0 Å². The number of anilines is 5. The van der Waals surface area contributed by atoms with Gasteiger partial charge in [0.15, 0.2) is 0 Å². The zero-order chi connectivity index (χ0) is 37.7. The normalized spacial score (nSPS) is 20.0. The molecule has 6 N–H and O–H groups in total. The van der Waals surface area contributed by atoms with Crippen molar-refractivity contribution in [3.05, 3.63) is 86.7 Å². The van der Waals surface area contributed by atoms with E-state index in [0.717, 1.165) is 65.6 Å². The molecule has 53 heavy (non-hydrogen) atoms. The van der Waals surface area contributed by atoms with E-state index in [9.17, 15) is 4.79 Å². The van der Waals surface area contributed by atoms with Crippen molar-refractivity contribution in [2.24, 2.45) is 5.41 Å². The van der Waals surface area contributed by atoms with Gasteiger partial charge in [-0.3, -0.25) is 4.79 Å². The van der Waals surface area contributed by atoms with Gasteiger partial charge in [0, 0.05) is 72.0 Å². The second-order valence-electron chi connectivity index (χ2n) is 14.0. The summed E-state index contributed by atoms with van der Waals surface area (Å²) in [5.41, 5.74) is 22.3. The Morgan fingerprint density at radius 3 is 1.72 bits per heavy atom. The van der Waals surface area contributed by atoms with Crippen LogP contribution in [0, 0.1) is 19.3 Å². The van der Waals surface area contributed by atoms with Gasteiger partial charge in [-0.1, -0.05) is 41.4 Å². The maximum Gasteiger partial charge on any atom is 0.222 e. The van der Waals surface area contributed by atoms with E-state index < -0.39 is 0 Å². The molecule has 282 valence electrons. The van der Waals surface area contributed by atoms with Crippen LogP contribution < -0.4 is 27.0 Å². The molecule has 2 aromatic carbocycles. The number of rotatable bonds is 7. The third-order valence-corrected chi connectivity index (χ3v) is 10.3. The Morgan fingerprint density at radius 2 is 1.26 bits per heavy atom. The Kier molecular flexibility index (Phi) is 12.2. The number of aromatic nitrogens is 4. The molecule has 3 fully saturated rings. The SMILES string of the molecule is Cc1cc(N2CCCOCC2c2ccc(CC(=O)C3(C)COC3)cc2Cl)nc(N)n1.Cc1cc(N2CCCOCC2c2ccc(N)cc2Cl)nc(N)n1. The van der Waals surface area contributed by atoms with Crippen molar-refractivity contribution in [3.8, 4) is 0 Å². The molecule has 0 aliphatic carbocycles. The summed E-state index contributed by atoms with van der Waals surface area (Å²) in [5, 5.41) is 1.25. The lowest BCUT2D eigenvalue weighted by atomic mass is 9.81. The number of nitrogens with zero attached hydrogens (tertiary/aromatic N) is 6. The van der Waals surface area contributed by atoms with Crippen LogP contribution in [-0.4, -0.2) is 78.4 Å². The van der Waals surface area contributed by atoms with Crippen molar-refractivity contribution in [3.63, 3.8) is 0 Å². The van der Waals surface area contributed by atoms with E-state index in [0.29, 0.717) is 61.8 Å². The van der Waals surface area contributed by atoms with Crippen molar-refractivity contribution in [1.29, 1.82) is 0 Å². The van der Waals surface area contributed by atoms with Gasteiger partial charge in [0.1, 0.15) is 17.4 Å². The van der Waals surface area contributed by atoms with E-state index in [1.165, 1.54) is 0 Å². The summed E-state index contributed by atoms with van der Waals surface area (Å²) in [6.07, 6.45) is 2.14. The predicted octanol–water partition coefficient (Wildman–Crippen LogP) is 5.71. The Hall–Kier alpha value is -4.27. The Labute approximate surface area is 320 Å². The van der Waals surface area contributed by atoms with E-state index in [2.05, 4.69) is 29.7 Å². The zero-order valence-electron chi connectivity index (χ0n) is 30.4. The maximum atomic E-state index is 12.6. The number of ketones is 1. The monoisotopic (exact) mass is 763 g/mol. The topological polar surface area (TPSA) is 181 Å². The third-order valence-electron chi connectivity index (χ3n) is 9.67. The van der Waals surface area contributed by atoms with Crippen LogP contribution in [-0.2, 0) is 25.4 Å². The minimum absolute atomic E-state index is 0.0423. The highest BCUT2D eigenvalue weighted by Gasteiger charge is 2.40. The Balaban J connectivity index is 0.000000188. The highest BCUT2D eigenvalue weighted by atomic mass is 35.5. The molecule has 0 saturated carbocycles. The van der Waals surface area contributed by atoms with Crippen LogP contribution in [0.4, 0.5) is 29.2 Å². The molecule has 15 heteroatoms. The molecule has 2 aromatic heterocycles. The number of nitrogen functional groups attached to an aromatic ring is 3. The first-order valence-corrected chi connectivity index (χ1v) is 18.5. The molecular formula is C38H47Cl2N9O4. The number of ether oxygens (including phenoxy) is 3. The van der Waals surface area contributed by atoms with Crippen molar-refractivity contribution in [2.75, 3.05) is 79.7 Å². The fraction of sp³-hybridized carbons (Fsp3) is 0.447. The summed E-state index contributed by atoms with van der Waals surface area (Å²) in [6, 6.07) is 15.1. The van der Waals surface area contributed by atoms with Crippen LogP contribution >= 0.6 is 23.2 Å². The predicted molar refractivity (Wildman–Crippen MR) is 208 cm³/mol. The van der Waals surface area contributed by atoms with Crippen LogP contribution in [0.5, 0.6) is 0 Å². The minimum Gasteiger partial charge on any atom is -0.399 e. The summed E-state index contributed by atoms with van der Waals surface area (Å²) < 4.78 is 16.8. The highest BCUT2D eigenvalue weighted by molar-refractivity contribution is 6.32. The van der Waals surface area contributed by atoms with Gasteiger partial charge in [-0.25, -0.2) is 9.97 Å². The largest absolute Gasteiger partial charge is 0.399 e. The smallest absolute Gasteiger partial charge is 0.222 e.